The Balaban J connectivity index is 1.75. The third-order valence-corrected chi connectivity index (χ3v) is 4.70. The van der Waals surface area contributed by atoms with E-state index in [1.54, 1.807) is 12.1 Å². The first-order chi connectivity index (χ1) is 11.8. The van der Waals surface area contributed by atoms with Gasteiger partial charge in [-0.05, 0) is 38.8 Å². The number of aromatic nitrogens is 2. The number of Topliss-reactive ketones (excluding diaryl/α,β-unsaturated/α-hetero) is 1. The monoisotopic (exact) mass is 338 g/mol. The largest absolute Gasteiger partial charge is 0.378 e. The van der Waals surface area contributed by atoms with Crippen molar-refractivity contribution in [2.45, 2.75) is 38.6 Å². The van der Waals surface area contributed by atoms with Gasteiger partial charge in [0, 0.05) is 35.2 Å². The Bertz CT molecular complexity index is 922. The van der Waals surface area contributed by atoms with Crippen LogP contribution in [0.25, 0.3) is 17.1 Å². The first-order valence-corrected chi connectivity index (χ1v) is 8.23. The number of nitrogens with one attached hydrogen (secondary N) is 2. The first kappa shape index (κ1) is 15.6. The molecule has 0 radical (unpaired) electrons. The van der Waals surface area contributed by atoms with Crippen molar-refractivity contribution in [2.24, 2.45) is 0 Å². The van der Waals surface area contributed by atoms with Crippen molar-refractivity contribution in [1.29, 1.82) is 0 Å². The molecule has 0 bridgehead atoms. The zero-order valence-corrected chi connectivity index (χ0v) is 14.0. The molecule has 1 aromatic carbocycles. The SMILES string of the molecule is CC1(C)CC(=O)C2=C(N1)c1[nH]c(-c3ccc([N+](=O)[O-])cc3)nc1CC2. The van der Waals surface area contributed by atoms with Crippen LogP contribution in [0.15, 0.2) is 29.8 Å². The summed E-state index contributed by atoms with van der Waals surface area (Å²) in [7, 11) is 0. The summed E-state index contributed by atoms with van der Waals surface area (Å²) in [6, 6.07) is 6.29. The Kier molecular flexibility index (Phi) is 3.28. The Labute approximate surface area is 144 Å². The molecule has 1 aliphatic carbocycles. The fraction of sp³-hybridized carbons (Fsp3) is 0.333. The minimum Gasteiger partial charge on any atom is -0.378 e. The van der Waals surface area contributed by atoms with Gasteiger partial charge in [0.15, 0.2) is 5.78 Å². The van der Waals surface area contributed by atoms with E-state index in [0.717, 1.165) is 28.2 Å². The number of non-ortho nitro benzene ring substituents is 1. The highest BCUT2D eigenvalue weighted by atomic mass is 16.6. The summed E-state index contributed by atoms with van der Waals surface area (Å²) >= 11 is 0. The molecule has 0 spiro atoms. The maximum absolute atomic E-state index is 12.4. The minimum absolute atomic E-state index is 0.0476. The van der Waals surface area contributed by atoms with E-state index in [4.69, 9.17) is 0 Å². The number of nitro groups is 1. The fourth-order valence-corrected chi connectivity index (χ4v) is 3.50. The average molecular weight is 338 g/mol. The summed E-state index contributed by atoms with van der Waals surface area (Å²) in [5.41, 5.74) is 4.01. The zero-order valence-electron chi connectivity index (χ0n) is 14.0. The first-order valence-electron chi connectivity index (χ1n) is 8.23. The predicted octanol–water partition coefficient (Wildman–Crippen LogP) is 2.98. The van der Waals surface area contributed by atoms with E-state index < -0.39 is 4.92 Å². The molecule has 25 heavy (non-hydrogen) atoms. The molecule has 1 aliphatic heterocycles. The van der Waals surface area contributed by atoms with Crippen molar-refractivity contribution >= 4 is 17.2 Å². The van der Waals surface area contributed by atoms with Crippen LogP contribution < -0.4 is 5.32 Å². The number of nitrogens with zero attached hydrogens (tertiary/aromatic N) is 2. The van der Waals surface area contributed by atoms with E-state index in [9.17, 15) is 14.9 Å². The molecule has 1 aromatic heterocycles. The lowest BCUT2D eigenvalue weighted by molar-refractivity contribution is -0.384. The van der Waals surface area contributed by atoms with E-state index in [0.29, 0.717) is 25.1 Å². The third kappa shape index (κ3) is 2.61. The molecule has 128 valence electrons. The number of carbonyl (C=O) groups excluding carboxylic acids is 1. The average Bonchev–Trinajstić information content (AvgIpc) is 2.98. The van der Waals surface area contributed by atoms with E-state index in [2.05, 4.69) is 15.3 Å². The Hall–Kier alpha value is -2.96. The van der Waals surface area contributed by atoms with Crippen molar-refractivity contribution in [3.8, 4) is 11.4 Å². The summed E-state index contributed by atoms with van der Waals surface area (Å²) in [6.07, 6.45) is 1.89. The maximum Gasteiger partial charge on any atom is 0.269 e. The summed E-state index contributed by atoms with van der Waals surface area (Å²) in [5.74, 6) is 0.849. The molecule has 2 aromatic rings. The van der Waals surface area contributed by atoms with Crippen molar-refractivity contribution in [1.82, 2.24) is 15.3 Å². The number of imidazole rings is 1. The number of aromatic amines is 1. The Morgan fingerprint density at radius 2 is 1.92 bits per heavy atom. The normalized spacial score (nSPS) is 18.4. The van der Waals surface area contributed by atoms with Gasteiger partial charge in [0.25, 0.3) is 5.69 Å². The molecule has 0 unspecified atom stereocenters. The fourth-order valence-electron chi connectivity index (χ4n) is 3.50. The van der Waals surface area contributed by atoms with Crippen LogP contribution in [0.1, 0.15) is 38.1 Å². The highest BCUT2D eigenvalue weighted by Gasteiger charge is 2.36. The molecule has 0 amide bonds. The summed E-state index contributed by atoms with van der Waals surface area (Å²) < 4.78 is 0. The van der Waals surface area contributed by atoms with Crippen LogP contribution in [0, 0.1) is 10.1 Å². The van der Waals surface area contributed by atoms with Crippen molar-refractivity contribution in [3.63, 3.8) is 0 Å². The number of hydrogen-bond donors (Lipinski definition) is 2. The smallest absolute Gasteiger partial charge is 0.269 e. The minimum atomic E-state index is -0.423. The van der Waals surface area contributed by atoms with Gasteiger partial charge in [-0.2, -0.15) is 0 Å². The number of rotatable bonds is 2. The summed E-state index contributed by atoms with van der Waals surface area (Å²) in [5, 5.41) is 14.3. The van der Waals surface area contributed by atoms with Gasteiger partial charge in [0.1, 0.15) is 5.82 Å². The van der Waals surface area contributed by atoms with Gasteiger partial charge < -0.3 is 10.3 Å². The second kappa shape index (κ2) is 5.27. The van der Waals surface area contributed by atoms with E-state index in [-0.39, 0.29) is 17.0 Å². The van der Waals surface area contributed by atoms with Gasteiger partial charge in [0.05, 0.1) is 22.0 Å². The van der Waals surface area contributed by atoms with Gasteiger partial charge in [-0.25, -0.2) is 4.98 Å². The lowest BCUT2D eigenvalue weighted by Gasteiger charge is -2.36. The highest BCUT2D eigenvalue weighted by Crippen LogP contribution is 2.36. The molecule has 2 heterocycles. The zero-order chi connectivity index (χ0) is 17.8. The molecule has 4 rings (SSSR count). The van der Waals surface area contributed by atoms with Crippen molar-refractivity contribution in [2.75, 3.05) is 0 Å². The Morgan fingerprint density at radius 3 is 2.60 bits per heavy atom. The third-order valence-electron chi connectivity index (χ3n) is 4.70. The molecule has 0 saturated heterocycles. The van der Waals surface area contributed by atoms with Crippen LogP contribution in [0.2, 0.25) is 0 Å². The number of nitro benzene ring substituents is 1. The summed E-state index contributed by atoms with van der Waals surface area (Å²) in [6.45, 7) is 4.02. The lowest BCUT2D eigenvalue weighted by Crippen LogP contribution is -2.45. The number of hydrogen-bond acceptors (Lipinski definition) is 5. The second-order valence-corrected chi connectivity index (χ2v) is 7.17. The molecule has 7 heteroatoms. The van der Waals surface area contributed by atoms with Gasteiger partial charge in [-0.1, -0.05) is 0 Å². The molecule has 0 atom stereocenters. The van der Waals surface area contributed by atoms with Crippen LogP contribution in [-0.4, -0.2) is 26.2 Å². The van der Waals surface area contributed by atoms with Crippen LogP contribution in [0.4, 0.5) is 5.69 Å². The van der Waals surface area contributed by atoms with Gasteiger partial charge in [0.2, 0.25) is 0 Å². The number of H-pyrrole nitrogens is 1. The molecule has 0 fully saturated rings. The molecule has 7 nitrogen and oxygen atoms in total. The van der Waals surface area contributed by atoms with E-state index in [1.807, 2.05) is 13.8 Å². The molecular formula is C18H18N4O3. The number of ketones is 1. The molecule has 2 aliphatic rings. The summed E-state index contributed by atoms with van der Waals surface area (Å²) in [4.78, 5) is 30.8. The van der Waals surface area contributed by atoms with Crippen molar-refractivity contribution in [3.05, 3.63) is 51.3 Å². The number of benzene rings is 1. The topological polar surface area (TPSA) is 101 Å². The molecular weight excluding hydrogens is 320 g/mol. The second-order valence-electron chi connectivity index (χ2n) is 7.17. The number of carbonyl (C=O) groups is 1. The van der Waals surface area contributed by atoms with Crippen LogP contribution >= 0.6 is 0 Å². The quantitative estimate of drug-likeness (QED) is 0.647. The highest BCUT2D eigenvalue weighted by molar-refractivity contribution is 6.05. The van der Waals surface area contributed by atoms with Crippen LogP contribution in [-0.2, 0) is 11.2 Å². The van der Waals surface area contributed by atoms with Gasteiger partial charge in [-0.15, -0.1) is 0 Å². The Morgan fingerprint density at radius 1 is 1.20 bits per heavy atom. The van der Waals surface area contributed by atoms with Crippen molar-refractivity contribution < 1.29 is 9.72 Å². The standard InChI is InChI=1S/C18H18N4O3/c1-18(2)9-14(23)12-7-8-13-16(15(12)21-18)20-17(19-13)10-3-5-11(6-4-10)22(24)25/h3-6,21H,7-9H2,1-2H3,(H,19,20). The van der Waals surface area contributed by atoms with Crippen LogP contribution in [0.5, 0.6) is 0 Å². The number of fused-ring (bicyclic) bond motifs is 2. The van der Waals surface area contributed by atoms with Gasteiger partial charge in [-0.3, -0.25) is 14.9 Å². The number of aryl methyl sites for hydroxylation is 1. The lowest BCUT2D eigenvalue weighted by atomic mass is 9.83. The van der Waals surface area contributed by atoms with E-state index >= 15 is 0 Å². The molecule has 0 saturated carbocycles. The predicted molar refractivity (Wildman–Crippen MR) is 92.8 cm³/mol. The van der Waals surface area contributed by atoms with Crippen LogP contribution in [0.3, 0.4) is 0 Å². The number of allylic oxidation sites excluding steroid dienone is 1. The maximum atomic E-state index is 12.4. The molecule has 2 N–H and O–H groups in total. The van der Waals surface area contributed by atoms with Gasteiger partial charge >= 0.3 is 0 Å². The van der Waals surface area contributed by atoms with E-state index in [1.165, 1.54) is 12.1 Å².